The molecule has 1 saturated heterocycles. The Hall–Kier alpha value is -1.75. The first-order chi connectivity index (χ1) is 8.24. The molecule has 88 valence electrons. The van der Waals surface area contributed by atoms with Crippen molar-refractivity contribution in [3.8, 4) is 0 Å². The normalized spacial score (nSPS) is 19.9. The molecule has 0 bridgehead atoms. The first-order valence-electron chi connectivity index (χ1n) is 5.58. The Morgan fingerprint density at radius 2 is 2.24 bits per heavy atom. The minimum absolute atomic E-state index is 0.0930. The van der Waals surface area contributed by atoms with E-state index in [-0.39, 0.29) is 17.9 Å². The van der Waals surface area contributed by atoms with Gasteiger partial charge >= 0.3 is 0 Å². The Morgan fingerprint density at radius 3 is 3.00 bits per heavy atom. The Labute approximate surface area is 97.6 Å². The van der Waals surface area contributed by atoms with E-state index < -0.39 is 0 Å². The topological polar surface area (TPSA) is 61.0 Å². The minimum atomic E-state index is -0.301. The molecule has 2 heterocycles. The van der Waals surface area contributed by atoms with Crippen LogP contribution in [-0.4, -0.2) is 16.6 Å². The van der Waals surface area contributed by atoms with E-state index in [4.69, 9.17) is 10.5 Å². The number of hydrogen-bond donors (Lipinski definition) is 1. The highest BCUT2D eigenvalue weighted by Gasteiger charge is 2.22. The smallest absolute Gasteiger partial charge is 0.220 e. The van der Waals surface area contributed by atoms with Crippen molar-refractivity contribution in [1.82, 2.24) is 9.97 Å². The van der Waals surface area contributed by atoms with Gasteiger partial charge in [0, 0.05) is 12.0 Å². The molecule has 1 fully saturated rings. The molecular weight excluding hydrogens is 221 g/mol. The van der Waals surface area contributed by atoms with E-state index in [0.717, 1.165) is 12.8 Å². The van der Waals surface area contributed by atoms with E-state index in [0.29, 0.717) is 23.2 Å². The minimum Gasteiger partial charge on any atom is -0.372 e. The van der Waals surface area contributed by atoms with Crippen LogP contribution in [0, 0.1) is 5.82 Å². The first kappa shape index (κ1) is 10.4. The molecule has 2 N–H and O–H groups in total. The second-order valence-electron chi connectivity index (χ2n) is 4.13. The third-order valence-corrected chi connectivity index (χ3v) is 2.94. The number of nitrogen functional groups attached to an aromatic ring is 1. The third kappa shape index (κ3) is 1.82. The van der Waals surface area contributed by atoms with Gasteiger partial charge in [-0.25, -0.2) is 14.4 Å². The number of fused-ring (bicyclic) bond motifs is 1. The zero-order valence-corrected chi connectivity index (χ0v) is 9.19. The molecule has 1 aliphatic rings. The summed E-state index contributed by atoms with van der Waals surface area (Å²) < 4.78 is 18.9. The monoisotopic (exact) mass is 233 g/mol. The van der Waals surface area contributed by atoms with Crippen LogP contribution in [0.2, 0.25) is 0 Å². The summed E-state index contributed by atoms with van der Waals surface area (Å²) >= 11 is 0. The van der Waals surface area contributed by atoms with Gasteiger partial charge in [0.2, 0.25) is 5.95 Å². The zero-order valence-electron chi connectivity index (χ0n) is 9.19. The lowest BCUT2D eigenvalue weighted by molar-refractivity contribution is 0.110. The molecule has 0 radical (unpaired) electrons. The fourth-order valence-electron chi connectivity index (χ4n) is 2.18. The number of halogens is 1. The van der Waals surface area contributed by atoms with Gasteiger partial charge in [-0.1, -0.05) is 0 Å². The largest absolute Gasteiger partial charge is 0.372 e. The number of benzene rings is 1. The first-order valence-corrected chi connectivity index (χ1v) is 5.58. The van der Waals surface area contributed by atoms with Gasteiger partial charge in [-0.3, -0.25) is 0 Å². The molecule has 0 aliphatic carbocycles. The summed E-state index contributed by atoms with van der Waals surface area (Å²) in [5.41, 5.74) is 7.01. The Balaban J connectivity index is 2.23. The van der Waals surface area contributed by atoms with Crippen LogP contribution in [0.5, 0.6) is 0 Å². The molecule has 4 nitrogen and oxygen atoms in total. The van der Waals surface area contributed by atoms with Crippen LogP contribution in [-0.2, 0) is 4.74 Å². The zero-order chi connectivity index (χ0) is 11.8. The average molecular weight is 233 g/mol. The van der Waals surface area contributed by atoms with E-state index in [1.54, 1.807) is 6.07 Å². The summed E-state index contributed by atoms with van der Waals surface area (Å²) in [5, 5.41) is 0.686. The fraction of sp³-hybridized carbons (Fsp3) is 0.333. The summed E-state index contributed by atoms with van der Waals surface area (Å²) in [6, 6.07) is 4.42. The summed E-state index contributed by atoms with van der Waals surface area (Å²) in [5.74, 6) is -0.0975. The maximum atomic E-state index is 13.3. The molecular formula is C12H12FN3O. The van der Waals surface area contributed by atoms with Gasteiger partial charge in [0.05, 0.1) is 11.2 Å². The maximum Gasteiger partial charge on any atom is 0.220 e. The van der Waals surface area contributed by atoms with Crippen molar-refractivity contribution >= 4 is 16.9 Å². The number of aromatic nitrogens is 2. The SMILES string of the molecule is Nc1nc(C2CCCO2)c2cc(F)ccc2n1. The van der Waals surface area contributed by atoms with Crippen LogP contribution in [0.1, 0.15) is 24.6 Å². The van der Waals surface area contributed by atoms with Crippen molar-refractivity contribution in [2.24, 2.45) is 0 Å². The summed E-state index contributed by atoms with van der Waals surface area (Å²) in [7, 11) is 0. The number of nitrogens with two attached hydrogens (primary N) is 1. The van der Waals surface area contributed by atoms with Gasteiger partial charge in [0.1, 0.15) is 11.9 Å². The van der Waals surface area contributed by atoms with Gasteiger partial charge in [-0.15, -0.1) is 0 Å². The molecule has 1 atom stereocenters. The van der Waals surface area contributed by atoms with Crippen molar-refractivity contribution < 1.29 is 9.13 Å². The van der Waals surface area contributed by atoms with E-state index in [9.17, 15) is 4.39 Å². The van der Waals surface area contributed by atoms with Crippen molar-refractivity contribution in [3.05, 3.63) is 29.7 Å². The van der Waals surface area contributed by atoms with Crippen molar-refractivity contribution in [2.45, 2.75) is 18.9 Å². The predicted octanol–water partition coefficient (Wildman–Crippen LogP) is 2.20. The quantitative estimate of drug-likeness (QED) is 0.820. The third-order valence-electron chi connectivity index (χ3n) is 2.94. The van der Waals surface area contributed by atoms with Gasteiger partial charge < -0.3 is 10.5 Å². The van der Waals surface area contributed by atoms with Crippen molar-refractivity contribution in [2.75, 3.05) is 12.3 Å². The summed E-state index contributed by atoms with van der Waals surface area (Å²) in [4.78, 5) is 8.29. The number of hydrogen-bond acceptors (Lipinski definition) is 4. The van der Waals surface area contributed by atoms with Crippen LogP contribution in [0.4, 0.5) is 10.3 Å². The van der Waals surface area contributed by atoms with Crippen molar-refractivity contribution in [3.63, 3.8) is 0 Å². The van der Waals surface area contributed by atoms with E-state index >= 15 is 0 Å². The highest BCUT2D eigenvalue weighted by atomic mass is 19.1. The van der Waals surface area contributed by atoms with Crippen molar-refractivity contribution in [1.29, 1.82) is 0 Å². The molecule has 1 aromatic heterocycles. The van der Waals surface area contributed by atoms with Gasteiger partial charge in [-0.05, 0) is 31.0 Å². The molecule has 0 amide bonds. The Morgan fingerprint density at radius 1 is 1.35 bits per heavy atom. The number of ether oxygens (including phenoxy) is 1. The second-order valence-corrected chi connectivity index (χ2v) is 4.13. The highest BCUT2D eigenvalue weighted by Crippen LogP contribution is 2.32. The number of rotatable bonds is 1. The molecule has 1 aliphatic heterocycles. The highest BCUT2D eigenvalue weighted by molar-refractivity contribution is 5.82. The van der Waals surface area contributed by atoms with Crippen LogP contribution in [0.25, 0.3) is 10.9 Å². The van der Waals surface area contributed by atoms with E-state index in [1.807, 2.05) is 0 Å². The Bertz CT molecular complexity index is 567. The lowest BCUT2D eigenvalue weighted by Gasteiger charge is -2.12. The Kier molecular flexibility index (Phi) is 2.40. The average Bonchev–Trinajstić information content (AvgIpc) is 2.82. The lowest BCUT2D eigenvalue weighted by atomic mass is 10.1. The van der Waals surface area contributed by atoms with Gasteiger partial charge in [0.25, 0.3) is 0 Å². The molecule has 2 aromatic rings. The van der Waals surface area contributed by atoms with Crippen LogP contribution in [0.3, 0.4) is 0 Å². The number of nitrogens with zero attached hydrogens (tertiary/aromatic N) is 2. The van der Waals surface area contributed by atoms with E-state index in [1.165, 1.54) is 12.1 Å². The molecule has 17 heavy (non-hydrogen) atoms. The predicted molar refractivity (Wildman–Crippen MR) is 61.8 cm³/mol. The molecule has 0 saturated carbocycles. The standard InChI is InChI=1S/C12H12FN3O/c13-7-3-4-9-8(6-7)11(16-12(14)15-9)10-2-1-5-17-10/h3-4,6,10H,1-2,5H2,(H2,14,15,16). The second kappa shape index (κ2) is 3.92. The van der Waals surface area contributed by atoms with Crippen LogP contribution >= 0.6 is 0 Å². The van der Waals surface area contributed by atoms with E-state index in [2.05, 4.69) is 9.97 Å². The maximum absolute atomic E-state index is 13.3. The molecule has 5 heteroatoms. The van der Waals surface area contributed by atoms with Crippen LogP contribution < -0.4 is 5.73 Å². The van der Waals surface area contributed by atoms with Gasteiger partial charge in [-0.2, -0.15) is 0 Å². The molecule has 0 spiro atoms. The molecule has 3 rings (SSSR count). The molecule has 1 unspecified atom stereocenters. The number of anilines is 1. The fourth-order valence-corrected chi connectivity index (χ4v) is 2.18. The summed E-state index contributed by atoms with van der Waals surface area (Å²) in [6.45, 7) is 0.714. The molecule has 1 aromatic carbocycles. The summed E-state index contributed by atoms with van der Waals surface area (Å²) in [6.07, 6.45) is 1.79. The van der Waals surface area contributed by atoms with Crippen LogP contribution in [0.15, 0.2) is 18.2 Å². The van der Waals surface area contributed by atoms with Gasteiger partial charge in [0.15, 0.2) is 0 Å². The lowest BCUT2D eigenvalue weighted by Crippen LogP contribution is -2.05.